The molecule has 18 heavy (non-hydrogen) atoms. The third kappa shape index (κ3) is 2.55. The summed E-state index contributed by atoms with van der Waals surface area (Å²) in [7, 11) is 0. The van der Waals surface area contributed by atoms with Crippen LogP contribution in [0.15, 0.2) is 41.6 Å². The maximum Gasteiger partial charge on any atom is 0.128 e. The fraction of sp³-hybridized carbons (Fsp3) is 0.400. The van der Waals surface area contributed by atoms with E-state index >= 15 is 0 Å². The van der Waals surface area contributed by atoms with E-state index in [1.807, 2.05) is 32.0 Å². The Kier molecular flexibility index (Phi) is 4.01. The Balaban J connectivity index is 2.32. The van der Waals surface area contributed by atoms with Gasteiger partial charge in [0.25, 0.3) is 0 Å². The molecule has 1 aliphatic heterocycles. The zero-order valence-electron chi connectivity index (χ0n) is 10.8. The predicted molar refractivity (Wildman–Crippen MR) is 70.7 cm³/mol. The minimum Gasteiger partial charge on any atom is -0.363 e. The third-order valence-corrected chi connectivity index (χ3v) is 3.27. The lowest BCUT2D eigenvalue weighted by atomic mass is 9.85. The molecule has 94 valence electrons. The first-order chi connectivity index (χ1) is 8.76. The van der Waals surface area contributed by atoms with E-state index in [0.29, 0.717) is 6.61 Å². The maximum atomic E-state index is 9.32. The number of nitrogens with zero attached hydrogens (tertiary/aromatic N) is 1. The minimum atomic E-state index is -0.00249. The molecular formula is C15H18N2O. The van der Waals surface area contributed by atoms with Crippen LogP contribution in [0.25, 0.3) is 0 Å². The monoisotopic (exact) mass is 242 g/mol. The largest absolute Gasteiger partial charge is 0.363 e. The molecule has 0 amide bonds. The topological polar surface area (TPSA) is 45.0 Å². The number of hydrogen-bond donors (Lipinski definition) is 1. The van der Waals surface area contributed by atoms with Gasteiger partial charge in [0, 0.05) is 24.6 Å². The highest BCUT2D eigenvalue weighted by atomic mass is 16.5. The first kappa shape index (κ1) is 12.7. The molecule has 2 rings (SSSR count). The summed E-state index contributed by atoms with van der Waals surface area (Å²) in [5.41, 5.74) is 2.92. The molecule has 3 heteroatoms. The summed E-state index contributed by atoms with van der Waals surface area (Å²) < 4.78 is 5.64. The van der Waals surface area contributed by atoms with Crippen molar-refractivity contribution in [2.24, 2.45) is 0 Å². The molecule has 0 unspecified atom stereocenters. The van der Waals surface area contributed by atoms with Crippen LogP contribution >= 0.6 is 0 Å². The molecule has 0 radical (unpaired) electrons. The van der Waals surface area contributed by atoms with Gasteiger partial charge in [0.2, 0.25) is 0 Å². The van der Waals surface area contributed by atoms with Crippen LogP contribution < -0.4 is 5.32 Å². The third-order valence-electron chi connectivity index (χ3n) is 3.27. The molecule has 0 fully saturated rings. The van der Waals surface area contributed by atoms with Gasteiger partial charge in [-0.1, -0.05) is 30.3 Å². The van der Waals surface area contributed by atoms with Gasteiger partial charge in [-0.15, -0.1) is 0 Å². The molecule has 2 atom stereocenters. The number of nitrogens with one attached hydrogen (secondary N) is 1. The van der Waals surface area contributed by atoms with Crippen molar-refractivity contribution in [1.29, 1.82) is 5.26 Å². The molecule has 1 aromatic carbocycles. The van der Waals surface area contributed by atoms with Gasteiger partial charge in [0.05, 0.1) is 11.6 Å². The molecule has 1 N–H and O–H groups in total. The lowest BCUT2D eigenvalue weighted by Gasteiger charge is -2.31. The second-order valence-electron chi connectivity index (χ2n) is 4.44. The Morgan fingerprint density at radius 2 is 2.11 bits per heavy atom. The van der Waals surface area contributed by atoms with Gasteiger partial charge in [-0.25, -0.2) is 0 Å². The summed E-state index contributed by atoms with van der Waals surface area (Å²) in [6.45, 7) is 4.60. The quantitative estimate of drug-likeness (QED) is 0.886. The van der Waals surface area contributed by atoms with Crippen molar-refractivity contribution in [1.82, 2.24) is 5.32 Å². The van der Waals surface area contributed by atoms with Gasteiger partial charge >= 0.3 is 0 Å². The normalized spacial score (nSPS) is 23.4. The van der Waals surface area contributed by atoms with Crippen LogP contribution in [0.5, 0.6) is 0 Å². The van der Waals surface area contributed by atoms with Gasteiger partial charge in [0.1, 0.15) is 6.23 Å². The van der Waals surface area contributed by atoms with Gasteiger partial charge in [0.15, 0.2) is 0 Å². The van der Waals surface area contributed by atoms with Crippen LogP contribution in [0.4, 0.5) is 0 Å². The summed E-state index contributed by atoms with van der Waals surface area (Å²) >= 11 is 0. The summed E-state index contributed by atoms with van der Waals surface area (Å²) in [5, 5.41) is 12.6. The molecule has 0 bridgehead atoms. The number of allylic oxidation sites excluding steroid dienone is 2. The molecule has 0 spiro atoms. The number of benzene rings is 1. The summed E-state index contributed by atoms with van der Waals surface area (Å²) in [6, 6.07) is 12.5. The van der Waals surface area contributed by atoms with Gasteiger partial charge in [-0.3, -0.25) is 0 Å². The molecule has 1 heterocycles. The van der Waals surface area contributed by atoms with Crippen molar-refractivity contribution in [3.63, 3.8) is 0 Å². The van der Waals surface area contributed by atoms with E-state index in [4.69, 9.17) is 4.74 Å². The number of hydrogen-bond acceptors (Lipinski definition) is 3. The lowest BCUT2D eigenvalue weighted by molar-refractivity contribution is 0.0319. The summed E-state index contributed by atoms with van der Waals surface area (Å²) in [6.07, 6.45) is 0.801. The molecule has 1 aliphatic rings. The molecular weight excluding hydrogens is 224 g/mol. The number of rotatable bonds is 3. The average Bonchev–Trinajstić information content (AvgIpc) is 2.39. The first-order valence-electron chi connectivity index (χ1n) is 6.30. The van der Waals surface area contributed by atoms with E-state index in [2.05, 4.69) is 23.5 Å². The Hall–Kier alpha value is -1.79. The Morgan fingerprint density at radius 3 is 2.72 bits per heavy atom. The van der Waals surface area contributed by atoms with E-state index in [1.54, 1.807) is 0 Å². The Morgan fingerprint density at radius 1 is 1.39 bits per heavy atom. The van der Waals surface area contributed by atoms with Crippen molar-refractivity contribution in [3.05, 3.63) is 47.2 Å². The maximum absolute atomic E-state index is 9.32. The second-order valence-corrected chi connectivity index (χ2v) is 4.44. The van der Waals surface area contributed by atoms with Gasteiger partial charge in [-0.05, 0) is 19.4 Å². The van der Waals surface area contributed by atoms with Crippen LogP contribution in [-0.2, 0) is 4.74 Å². The van der Waals surface area contributed by atoms with Gasteiger partial charge < -0.3 is 10.1 Å². The highest BCUT2D eigenvalue weighted by molar-refractivity contribution is 5.40. The van der Waals surface area contributed by atoms with Crippen LogP contribution in [0.1, 0.15) is 31.7 Å². The van der Waals surface area contributed by atoms with Crippen LogP contribution in [-0.4, -0.2) is 12.8 Å². The Bertz CT molecular complexity index is 473. The Labute approximate surface area is 108 Å². The van der Waals surface area contributed by atoms with E-state index < -0.39 is 0 Å². The summed E-state index contributed by atoms with van der Waals surface area (Å²) in [5.74, 6) is 0.133. The molecule has 0 saturated carbocycles. The average molecular weight is 242 g/mol. The van der Waals surface area contributed by atoms with Crippen molar-refractivity contribution in [2.45, 2.75) is 32.4 Å². The zero-order valence-corrected chi connectivity index (χ0v) is 10.8. The standard InChI is InChI=1S/C15H18N2O/c1-3-18-15-9-13(12-7-5-4-6-8-12)14(10-16)11(2)17-15/h4-8,13,15,17H,3,9H2,1-2H3/t13-,15-/m1/s1. The molecule has 0 aromatic heterocycles. The number of ether oxygens (including phenoxy) is 1. The zero-order chi connectivity index (χ0) is 13.0. The van der Waals surface area contributed by atoms with Crippen LogP contribution in [0.3, 0.4) is 0 Å². The molecule has 3 nitrogen and oxygen atoms in total. The second kappa shape index (κ2) is 5.70. The molecule has 0 saturated heterocycles. The predicted octanol–water partition coefficient (Wildman–Crippen LogP) is 2.92. The van der Waals surface area contributed by atoms with Crippen LogP contribution in [0.2, 0.25) is 0 Å². The highest BCUT2D eigenvalue weighted by Crippen LogP contribution is 2.33. The number of nitriles is 1. The molecule has 0 aliphatic carbocycles. The minimum absolute atomic E-state index is 0.00249. The first-order valence-corrected chi connectivity index (χ1v) is 6.30. The van der Waals surface area contributed by atoms with Crippen LogP contribution in [0, 0.1) is 11.3 Å². The van der Waals surface area contributed by atoms with E-state index in [1.165, 1.54) is 5.56 Å². The van der Waals surface area contributed by atoms with Crippen molar-refractivity contribution >= 4 is 0 Å². The van der Waals surface area contributed by atoms with Gasteiger partial charge in [-0.2, -0.15) is 5.26 Å². The smallest absolute Gasteiger partial charge is 0.128 e. The van der Waals surface area contributed by atoms with Crippen molar-refractivity contribution in [2.75, 3.05) is 6.61 Å². The fourth-order valence-corrected chi connectivity index (χ4v) is 2.43. The van der Waals surface area contributed by atoms with Crippen molar-refractivity contribution < 1.29 is 4.74 Å². The van der Waals surface area contributed by atoms with E-state index in [9.17, 15) is 5.26 Å². The van der Waals surface area contributed by atoms with Crippen molar-refractivity contribution in [3.8, 4) is 6.07 Å². The lowest BCUT2D eigenvalue weighted by Crippen LogP contribution is -2.37. The SMILES string of the molecule is CCO[C@@H]1C[C@H](c2ccccc2)C(C#N)=C(C)N1. The fourth-order valence-electron chi connectivity index (χ4n) is 2.43. The molecule has 1 aromatic rings. The highest BCUT2D eigenvalue weighted by Gasteiger charge is 2.28. The van der Waals surface area contributed by atoms with E-state index in [-0.39, 0.29) is 12.1 Å². The van der Waals surface area contributed by atoms with E-state index in [0.717, 1.165) is 17.7 Å². The summed E-state index contributed by atoms with van der Waals surface area (Å²) in [4.78, 5) is 0.